The number of hydrogen-bond acceptors (Lipinski definition) is 4. The van der Waals surface area contributed by atoms with Crippen molar-refractivity contribution in [3.63, 3.8) is 0 Å². The summed E-state index contributed by atoms with van der Waals surface area (Å²) in [6.07, 6.45) is 1.69. The monoisotopic (exact) mass is 372 g/mol. The molecule has 0 spiro atoms. The minimum atomic E-state index is -0.438. The normalized spacial score (nSPS) is 15.9. The quantitative estimate of drug-likeness (QED) is 0.646. The van der Waals surface area contributed by atoms with Crippen molar-refractivity contribution in [3.05, 3.63) is 65.6 Å². The maximum atomic E-state index is 13.5. The molecule has 0 aliphatic carbocycles. The van der Waals surface area contributed by atoms with Crippen LogP contribution in [0.3, 0.4) is 0 Å². The van der Waals surface area contributed by atoms with Gasteiger partial charge in [0.05, 0.1) is 12.3 Å². The number of nitrogens with zero attached hydrogens (tertiary/aromatic N) is 2. The first-order chi connectivity index (χ1) is 12.5. The van der Waals surface area contributed by atoms with E-state index in [0.717, 1.165) is 5.56 Å². The molecule has 1 aliphatic heterocycles. The highest BCUT2D eigenvalue weighted by Gasteiger charge is 2.36. The van der Waals surface area contributed by atoms with Crippen molar-refractivity contribution in [3.8, 4) is 5.75 Å². The fourth-order valence-electron chi connectivity index (χ4n) is 2.61. The van der Waals surface area contributed by atoms with E-state index in [0.29, 0.717) is 17.1 Å². The molecule has 5 nitrogen and oxygen atoms in total. The van der Waals surface area contributed by atoms with Crippen molar-refractivity contribution in [1.82, 2.24) is 4.90 Å². The highest BCUT2D eigenvalue weighted by atomic mass is 32.1. The number of hydrogen-bond donors (Lipinski definition) is 1. The number of carbonyl (C=O) groups excluding carboxylic acids is 1. The Labute approximate surface area is 155 Å². The lowest BCUT2D eigenvalue weighted by atomic mass is 10.1. The number of anilines is 1. The molecule has 1 amide bonds. The van der Waals surface area contributed by atoms with Gasteiger partial charge in [-0.15, -0.1) is 0 Å². The molecular weight excluding hydrogens is 355 g/mol. The van der Waals surface area contributed by atoms with Crippen LogP contribution < -0.4 is 9.64 Å². The van der Waals surface area contributed by atoms with Crippen LogP contribution in [-0.4, -0.2) is 41.3 Å². The molecule has 2 aromatic rings. The lowest BCUT2D eigenvalue weighted by Crippen LogP contribution is -2.31. The van der Waals surface area contributed by atoms with Gasteiger partial charge >= 0.3 is 0 Å². The zero-order valence-corrected chi connectivity index (χ0v) is 14.9. The van der Waals surface area contributed by atoms with Crippen LogP contribution in [0.5, 0.6) is 5.75 Å². The van der Waals surface area contributed by atoms with E-state index in [9.17, 15) is 9.18 Å². The maximum Gasteiger partial charge on any atom is 0.281 e. The van der Waals surface area contributed by atoms with E-state index in [1.54, 1.807) is 42.3 Å². The van der Waals surface area contributed by atoms with Gasteiger partial charge < -0.3 is 14.7 Å². The molecule has 134 valence electrons. The van der Waals surface area contributed by atoms with Crippen molar-refractivity contribution in [1.29, 1.82) is 0 Å². The Morgan fingerprint density at radius 2 is 2.00 bits per heavy atom. The molecule has 0 saturated carbocycles. The third kappa shape index (κ3) is 3.58. The van der Waals surface area contributed by atoms with E-state index in [1.165, 1.54) is 23.1 Å². The number of ether oxygens (including phenoxy) is 1. The molecule has 0 aromatic heterocycles. The largest absolute Gasteiger partial charge is 0.491 e. The lowest BCUT2D eigenvalue weighted by molar-refractivity contribution is -0.114. The number of benzene rings is 2. The second kappa shape index (κ2) is 7.63. The number of likely N-dealkylation sites (N-methyl/N-ethyl adjacent to an activating group) is 1. The first kappa shape index (κ1) is 18.0. The molecule has 1 fully saturated rings. The summed E-state index contributed by atoms with van der Waals surface area (Å²) in [5.74, 6) is -0.178. The van der Waals surface area contributed by atoms with E-state index in [-0.39, 0.29) is 24.2 Å². The molecule has 1 aliphatic rings. The van der Waals surface area contributed by atoms with Crippen molar-refractivity contribution in [2.45, 2.75) is 0 Å². The number of aliphatic hydroxyl groups is 1. The summed E-state index contributed by atoms with van der Waals surface area (Å²) in [6.45, 7) is 0.111. The van der Waals surface area contributed by atoms with E-state index < -0.39 is 5.82 Å². The standard InChI is InChI=1S/C19H17FN2O3S/c1-21-17(11-13-4-2-7-16(10-13)25-9-8-23)18(24)22(19(21)26)15-6-3-5-14(20)12-15/h2-7,10-12,23H,8-9H2,1H3/b17-11+. The smallest absolute Gasteiger partial charge is 0.281 e. The van der Waals surface area contributed by atoms with Gasteiger partial charge in [-0.1, -0.05) is 18.2 Å². The van der Waals surface area contributed by atoms with Gasteiger partial charge in [-0.05, 0) is 54.2 Å². The first-order valence-electron chi connectivity index (χ1n) is 7.94. The van der Waals surface area contributed by atoms with Crippen molar-refractivity contribution in [2.24, 2.45) is 0 Å². The second-order valence-corrected chi connectivity index (χ2v) is 6.00. The molecule has 0 unspecified atom stereocenters. The first-order valence-corrected chi connectivity index (χ1v) is 8.35. The van der Waals surface area contributed by atoms with Gasteiger partial charge in [0.25, 0.3) is 5.91 Å². The minimum absolute atomic E-state index is 0.0800. The molecule has 0 bridgehead atoms. The van der Waals surface area contributed by atoms with E-state index in [1.807, 2.05) is 6.07 Å². The van der Waals surface area contributed by atoms with Crippen LogP contribution in [0.15, 0.2) is 54.2 Å². The minimum Gasteiger partial charge on any atom is -0.491 e. The number of amides is 1. The summed E-state index contributed by atoms with van der Waals surface area (Å²) >= 11 is 5.36. The molecule has 0 atom stereocenters. The third-order valence-corrected chi connectivity index (χ3v) is 4.31. The Morgan fingerprint density at radius 1 is 1.23 bits per heavy atom. The maximum absolute atomic E-state index is 13.5. The number of carbonyl (C=O) groups is 1. The Morgan fingerprint density at radius 3 is 2.73 bits per heavy atom. The molecular formula is C19H17FN2O3S. The van der Waals surface area contributed by atoms with Crippen LogP contribution in [0.4, 0.5) is 10.1 Å². The fourth-order valence-corrected chi connectivity index (χ4v) is 2.90. The average Bonchev–Trinajstić information content (AvgIpc) is 2.84. The van der Waals surface area contributed by atoms with E-state index in [2.05, 4.69) is 0 Å². The summed E-state index contributed by atoms with van der Waals surface area (Å²) in [5, 5.41) is 9.12. The van der Waals surface area contributed by atoms with Crippen LogP contribution >= 0.6 is 12.2 Å². The summed E-state index contributed by atoms with van der Waals surface area (Å²) in [5.41, 5.74) is 1.51. The van der Waals surface area contributed by atoms with E-state index >= 15 is 0 Å². The fraction of sp³-hybridized carbons (Fsp3) is 0.158. The molecule has 1 N–H and O–H groups in total. The average molecular weight is 372 g/mol. The van der Waals surface area contributed by atoms with E-state index in [4.69, 9.17) is 22.1 Å². The Balaban J connectivity index is 1.92. The zero-order chi connectivity index (χ0) is 18.7. The summed E-state index contributed by atoms with van der Waals surface area (Å²) in [7, 11) is 1.69. The molecule has 2 aromatic carbocycles. The van der Waals surface area contributed by atoms with Crippen LogP contribution in [0, 0.1) is 5.82 Å². The van der Waals surface area contributed by atoms with Gasteiger partial charge in [0.2, 0.25) is 0 Å². The van der Waals surface area contributed by atoms with Gasteiger partial charge in [0.15, 0.2) is 5.11 Å². The summed E-state index contributed by atoms with van der Waals surface area (Å²) < 4.78 is 18.9. The molecule has 1 heterocycles. The van der Waals surface area contributed by atoms with Gasteiger partial charge in [0, 0.05) is 7.05 Å². The summed E-state index contributed by atoms with van der Waals surface area (Å²) in [4.78, 5) is 15.7. The second-order valence-electron chi connectivity index (χ2n) is 5.64. The SMILES string of the molecule is CN1C(=S)N(c2cccc(F)c2)C(=O)/C1=C\c1cccc(OCCO)c1. The van der Waals surface area contributed by atoms with Gasteiger partial charge in [0.1, 0.15) is 23.9 Å². The topological polar surface area (TPSA) is 53.0 Å². The number of halogens is 1. The third-order valence-electron chi connectivity index (χ3n) is 3.85. The molecule has 26 heavy (non-hydrogen) atoms. The number of aliphatic hydroxyl groups excluding tert-OH is 1. The van der Waals surface area contributed by atoms with Crippen LogP contribution in [0.2, 0.25) is 0 Å². The van der Waals surface area contributed by atoms with Gasteiger partial charge in [-0.3, -0.25) is 9.69 Å². The highest BCUT2D eigenvalue weighted by Crippen LogP contribution is 2.28. The summed E-state index contributed by atoms with van der Waals surface area (Å²) in [6, 6.07) is 12.9. The van der Waals surface area contributed by atoms with Crippen LogP contribution in [-0.2, 0) is 4.79 Å². The van der Waals surface area contributed by atoms with Crippen molar-refractivity contribution in [2.75, 3.05) is 25.2 Å². The van der Waals surface area contributed by atoms with Crippen molar-refractivity contribution < 1.29 is 19.0 Å². The van der Waals surface area contributed by atoms with Crippen molar-refractivity contribution >= 4 is 35.0 Å². The molecule has 3 rings (SSSR count). The number of thiocarbonyl (C=S) groups is 1. The number of rotatable bonds is 5. The molecule has 7 heteroatoms. The van der Waals surface area contributed by atoms with Gasteiger partial charge in [-0.25, -0.2) is 4.39 Å². The highest BCUT2D eigenvalue weighted by molar-refractivity contribution is 7.80. The predicted molar refractivity (Wildman–Crippen MR) is 101 cm³/mol. The Bertz CT molecular complexity index is 885. The lowest BCUT2D eigenvalue weighted by Gasteiger charge is -2.16. The zero-order valence-electron chi connectivity index (χ0n) is 14.1. The molecule has 1 saturated heterocycles. The van der Waals surface area contributed by atoms with Gasteiger partial charge in [-0.2, -0.15) is 0 Å². The van der Waals surface area contributed by atoms with Crippen LogP contribution in [0.25, 0.3) is 6.08 Å². The Hall–Kier alpha value is -2.77. The predicted octanol–water partition coefficient (Wildman–Crippen LogP) is 2.80. The van der Waals surface area contributed by atoms with Crippen LogP contribution in [0.1, 0.15) is 5.56 Å². The molecule has 0 radical (unpaired) electrons. The Kier molecular flexibility index (Phi) is 5.29.